The van der Waals surface area contributed by atoms with E-state index >= 15 is 0 Å². The van der Waals surface area contributed by atoms with E-state index in [1.807, 2.05) is 0 Å². The maximum atomic E-state index is 13.6. The van der Waals surface area contributed by atoms with Gasteiger partial charge in [0.1, 0.15) is 17.2 Å². The summed E-state index contributed by atoms with van der Waals surface area (Å²) in [7, 11) is -6.69. The van der Waals surface area contributed by atoms with Gasteiger partial charge in [0.15, 0.2) is 0 Å². The number of carbonyl (C=O) groups is 1. The van der Waals surface area contributed by atoms with Crippen molar-refractivity contribution in [3.8, 4) is 5.75 Å². The lowest BCUT2D eigenvalue weighted by Gasteiger charge is -2.25. The van der Waals surface area contributed by atoms with E-state index in [2.05, 4.69) is 5.32 Å². The number of primary sulfonamides is 1. The molecule has 0 bridgehead atoms. The minimum Gasteiger partial charge on any atom is -0.495 e. The SMILES string of the molecule is COc1ccc(C)cc1S(=O)(=O)N(CC(=O)Nc1ccc(S(N)(=O)=O)cc1)c1ccccc1. The standard InChI is InChI=1S/C22H23N3O6S2/c1-16-8-13-20(31-2)21(14-16)33(29,30)25(18-6-4-3-5-7-18)15-22(26)24-17-9-11-19(12-10-17)32(23,27)28/h3-14H,15H2,1-2H3,(H,24,26)(H2,23,27,28). The zero-order chi connectivity index (χ0) is 24.2. The van der Waals surface area contributed by atoms with E-state index in [-0.39, 0.29) is 21.2 Å². The van der Waals surface area contributed by atoms with Crippen LogP contribution in [-0.4, -0.2) is 36.4 Å². The molecule has 3 rings (SSSR count). The number of hydrogen-bond acceptors (Lipinski definition) is 6. The van der Waals surface area contributed by atoms with Crippen LogP contribution in [0.3, 0.4) is 0 Å². The number of benzene rings is 3. The maximum Gasteiger partial charge on any atom is 0.268 e. The van der Waals surface area contributed by atoms with Gasteiger partial charge in [0.25, 0.3) is 10.0 Å². The van der Waals surface area contributed by atoms with Crippen molar-refractivity contribution in [2.75, 3.05) is 23.3 Å². The minimum atomic E-state index is -4.18. The fourth-order valence-corrected chi connectivity index (χ4v) is 5.25. The second kappa shape index (κ2) is 9.61. The number of sulfonamides is 2. The number of hydrogen-bond donors (Lipinski definition) is 2. The van der Waals surface area contributed by atoms with Gasteiger partial charge in [-0.1, -0.05) is 24.3 Å². The molecular formula is C22H23N3O6S2. The van der Waals surface area contributed by atoms with Crippen molar-refractivity contribution < 1.29 is 26.4 Å². The summed E-state index contributed by atoms with van der Waals surface area (Å²) in [5.41, 5.74) is 1.29. The van der Waals surface area contributed by atoms with Crippen LogP contribution < -0.4 is 19.5 Å². The van der Waals surface area contributed by atoms with E-state index in [1.165, 1.54) is 37.4 Å². The van der Waals surface area contributed by atoms with Crippen molar-refractivity contribution >= 4 is 37.3 Å². The third-order valence-electron chi connectivity index (χ3n) is 4.69. The molecule has 174 valence electrons. The molecular weight excluding hydrogens is 466 g/mol. The lowest BCUT2D eigenvalue weighted by atomic mass is 10.2. The molecule has 0 atom stereocenters. The second-order valence-corrected chi connectivity index (χ2v) is 10.5. The predicted octanol–water partition coefficient (Wildman–Crippen LogP) is 2.49. The molecule has 3 aromatic rings. The van der Waals surface area contributed by atoms with Crippen LogP contribution in [0, 0.1) is 6.92 Å². The highest BCUT2D eigenvalue weighted by Crippen LogP contribution is 2.30. The van der Waals surface area contributed by atoms with E-state index in [0.717, 1.165) is 4.31 Å². The van der Waals surface area contributed by atoms with Crippen molar-refractivity contribution in [2.45, 2.75) is 16.7 Å². The number of nitrogens with one attached hydrogen (secondary N) is 1. The monoisotopic (exact) mass is 489 g/mol. The van der Waals surface area contributed by atoms with Gasteiger partial charge in [-0.05, 0) is 61.0 Å². The van der Waals surface area contributed by atoms with Crippen molar-refractivity contribution in [3.05, 3.63) is 78.4 Å². The van der Waals surface area contributed by atoms with E-state index < -0.39 is 32.5 Å². The Balaban J connectivity index is 1.94. The molecule has 9 nitrogen and oxygen atoms in total. The van der Waals surface area contributed by atoms with Crippen LogP contribution in [0.15, 0.2) is 82.6 Å². The van der Waals surface area contributed by atoms with Crippen molar-refractivity contribution in [1.82, 2.24) is 0 Å². The average molecular weight is 490 g/mol. The number of carbonyl (C=O) groups excluding carboxylic acids is 1. The second-order valence-electron chi connectivity index (χ2n) is 7.12. The van der Waals surface area contributed by atoms with Crippen molar-refractivity contribution in [2.24, 2.45) is 5.14 Å². The van der Waals surface area contributed by atoms with Gasteiger partial charge in [0.2, 0.25) is 15.9 Å². The van der Waals surface area contributed by atoms with Crippen LogP contribution in [0.25, 0.3) is 0 Å². The summed E-state index contributed by atoms with van der Waals surface area (Å²) in [4.78, 5) is 12.6. The Labute approximate surface area is 192 Å². The van der Waals surface area contributed by atoms with Crippen LogP contribution in [0.5, 0.6) is 5.75 Å². The molecule has 33 heavy (non-hydrogen) atoms. The number of nitrogens with two attached hydrogens (primary N) is 1. The largest absolute Gasteiger partial charge is 0.495 e. The third kappa shape index (κ3) is 5.69. The topological polar surface area (TPSA) is 136 Å². The number of rotatable bonds is 8. The average Bonchev–Trinajstić information content (AvgIpc) is 2.77. The van der Waals surface area contributed by atoms with E-state index in [4.69, 9.17) is 9.88 Å². The molecule has 0 fully saturated rings. The fraction of sp³-hybridized carbons (Fsp3) is 0.136. The summed E-state index contributed by atoms with van der Waals surface area (Å²) in [6, 6.07) is 18.2. The van der Waals surface area contributed by atoms with Gasteiger partial charge in [-0.2, -0.15) is 0 Å². The normalized spacial score (nSPS) is 11.6. The smallest absolute Gasteiger partial charge is 0.268 e. The Morgan fingerprint density at radius 1 is 0.970 bits per heavy atom. The molecule has 0 unspecified atom stereocenters. The molecule has 3 aromatic carbocycles. The molecule has 0 saturated carbocycles. The van der Waals surface area contributed by atoms with Crippen LogP contribution in [0.2, 0.25) is 0 Å². The number of para-hydroxylation sites is 1. The zero-order valence-electron chi connectivity index (χ0n) is 17.9. The highest BCUT2D eigenvalue weighted by molar-refractivity contribution is 7.93. The highest BCUT2D eigenvalue weighted by Gasteiger charge is 2.30. The molecule has 1 amide bonds. The first-order valence-corrected chi connectivity index (χ1v) is 12.7. The Hall–Kier alpha value is -3.41. The lowest BCUT2D eigenvalue weighted by Crippen LogP contribution is -2.38. The minimum absolute atomic E-state index is 0.0702. The van der Waals surface area contributed by atoms with Gasteiger partial charge in [-0.3, -0.25) is 9.10 Å². The molecule has 0 aliphatic heterocycles. The summed E-state index contributed by atoms with van der Waals surface area (Å²) in [5, 5.41) is 7.65. The Kier molecular flexibility index (Phi) is 7.06. The summed E-state index contributed by atoms with van der Waals surface area (Å²) in [6.07, 6.45) is 0. The molecule has 11 heteroatoms. The summed E-state index contributed by atoms with van der Waals surface area (Å²) < 4.78 is 56.2. The molecule has 0 saturated heterocycles. The Bertz CT molecular complexity index is 1360. The van der Waals surface area contributed by atoms with Crippen LogP contribution >= 0.6 is 0 Å². The lowest BCUT2D eigenvalue weighted by molar-refractivity contribution is -0.114. The number of nitrogens with zero attached hydrogens (tertiary/aromatic N) is 1. The Morgan fingerprint density at radius 2 is 1.61 bits per heavy atom. The van der Waals surface area contributed by atoms with E-state index in [9.17, 15) is 21.6 Å². The summed E-state index contributed by atoms with van der Waals surface area (Å²) in [6.45, 7) is 1.23. The number of anilines is 2. The maximum absolute atomic E-state index is 13.6. The Morgan fingerprint density at radius 3 is 2.18 bits per heavy atom. The molecule has 0 aliphatic carbocycles. The van der Waals surface area contributed by atoms with E-state index in [1.54, 1.807) is 49.4 Å². The number of ether oxygens (including phenoxy) is 1. The van der Waals surface area contributed by atoms with Gasteiger partial charge < -0.3 is 10.1 Å². The molecule has 3 N–H and O–H groups in total. The van der Waals surface area contributed by atoms with Crippen LogP contribution in [-0.2, 0) is 24.8 Å². The number of amides is 1. The molecule has 0 aliphatic rings. The number of methoxy groups -OCH3 is 1. The highest BCUT2D eigenvalue weighted by atomic mass is 32.2. The first kappa shape index (κ1) is 24.2. The fourth-order valence-electron chi connectivity index (χ4n) is 3.07. The van der Waals surface area contributed by atoms with Crippen LogP contribution in [0.4, 0.5) is 11.4 Å². The van der Waals surface area contributed by atoms with E-state index in [0.29, 0.717) is 11.3 Å². The van der Waals surface area contributed by atoms with Gasteiger partial charge in [0, 0.05) is 5.69 Å². The molecule has 0 radical (unpaired) electrons. The summed E-state index contributed by atoms with van der Waals surface area (Å²) in [5.74, 6) is -0.474. The first-order chi connectivity index (χ1) is 15.5. The van der Waals surface area contributed by atoms with Crippen molar-refractivity contribution in [1.29, 1.82) is 0 Å². The third-order valence-corrected chi connectivity index (χ3v) is 7.41. The van der Waals surface area contributed by atoms with Gasteiger partial charge in [0.05, 0.1) is 17.7 Å². The predicted molar refractivity (Wildman–Crippen MR) is 125 cm³/mol. The van der Waals surface area contributed by atoms with Crippen LogP contribution in [0.1, 0.15) is 5.56 Å². The van der Waals surface area contributed by atoms with Crippen molar-refractivity contribution in [3.63, 3.8) is 0 Å². The first-order valence-electron chi connectivity index (χ1n) is 9.67. The molecule has 0 aromatic heterocycles. The van der Waals surface area contributed by atoms with Gasteiger partial charge in [-0.15, -0.1) is 0 Å². The molecule has 0 heterocycles. The zero-order valence-corrected chi connectivity index (χ0v) is 19.6. The summed E-state index contributed by atoms with van der Waals surface area (Å²) >= 11 is 0. The quantitative estimate of drug-likeness (QED) is 0.499. The van der Waals surface area contributed by atoms with Gasteiger partial charge in [-0.25, -0.2) is 22.0 Å². The number of aryl methyl sites for hydroxylation is 1. The van der Waals surface area contributed by atoms with Gasteiger partial charge >= 0.3 is 0 Å². The molecule has 0 spiro atoms.